The summed E-state index contributed by atoms with van der Waals surface area (Å²) in [6, 6.07) is 17.6. The number of carbonyl (C=O) groups excluding carboxylic acids is 1. The van der Waals surface area contributed by atoms with Crippen LogP contribution in [0.1, 0.15) is 18.4 Å². The van der Waals surface area contributed by atoms with Crippen molar-refractivity contribution in [1.29, 1.82) is 0 Å². The number of amides is 1. The van der Waals surface area contributed by atoms with Gasteiger partial charge in [0.05, 0.1) is 0 Å². The van der Waals surface area contributed by atoms with Gasteiger partial charge in [-0.25, -0.2) is 0 Å². The summed E-state index contributed by atoms with van der Waals surface area (Å²) in [5.41, 5.74) is 1.91. The predicted octanol–water partition coefficient (Wildman–Crippen LogP) is 4.18. The van der Waals surface area contributed by atoms with E-state index >= 15 is 0 Å². The number of hydrogen-bond donors (Lipinski definition) is 0. The third-order valence-corrected chi connectivity index (χ3v) is 4.87. The number of hydrogen-bond acceptors (Lipinski definition) is 4. The number of rotatable bonds is 8. The molecule has 0 saturated heterocycles. The Morgan fingerprint density at radius 2 is 1.90 bits per heavy atom. The molecule has 0 fully saturated rings. The van der Waals surface area contributed by atoms with Crippen LogP contribution in [0.5, 0.6) is 11.5 Å². The monoisotopic (exact) mass is 403 g/mol. The molecule has 154 valence electrons. The van der Waals surface area contributed by atoms with Crippen LogP contribution < -0.4 is 14.4 Å². The molecule has 0 aliphatic carbocycles. The van der Waals surface area contributed by atoms with Crippen LogP contribution in [0.15, 0.2) is 73.1 Å². The lowest BCUT2D eigenvalue weighted by Crippen LogP contribution is -2.31. The minimum absolute atomic E-state index is 0.0662. The van der Waals surface area contributed by atoms with Gasteiger partial charge in [-0.3, -0.25) is 9.48 Å². The third-order valence-electron chi connectivity index (χ3n) is 4.87. The highest BCUT2D eigenvalue weighted by molar-refractivity contribution is 5.94. The van der Waals surface area contributed by atoms with Crippen molar-refractivity contribution in [1.82, 2.24) is 9.78 Å². The second-order valence-electron chi connectivity index (χ2n) is 7.02. The van der Waals surface area contributed by atoms with Gasteiger partial charge in [0, 0.05) is 43.7 Å². The van der Waals surface area contributed by atoms with Crippen molar-refractivity contribution in [2.75, 3.05) is 24.7 Å². The Labute approximate surface area is 176 Å². The van der Waals surface area contributed by atoms with Gasteiger partial charge < -0.3 is 14.4 Å². The van der Waals surface area contributed by atoms with Crippen LogP contribution in [0.3, 0.4) is 0 Å². The first-order valence-corrected chi connectivity index (χ1v) is 10.2. The van der Waals surface area contributed by atoms with Crippen LogP contribution >= 0.6 is 0 Å². The van der Waals surface area contributed by atoms with Crippen molar-refractivity contribution in [2.45, 2.75) is 19.4 Å². The summed E-state index contributed by atoms with van der Waals surface area (Å²) < 4.78 is 13.2. The first-order valence-electron chi connectivity index (χ1n) is 10.2. The first kappa shape index (κ1) is 19.8. The molecule has 1 aromatic heterocycles. The minimum Gasteiger partial charge on any atom is -0.486 e. The topological polar surface area (TPSA) is 56.6 Å². The highest BCUT2D eigenvalue weighted by Crippen LogP contribution is 2.34. The zero-order valence-electron chi connectivity index (χ0n) is 16.8. The second-order valence-corrected chi connectivity index (χ2v) is 7.02. The number of ether oxygens (including phenoxy) is 2. The van der Waals surface area contributed by atoms with Crippen LogP contribution in [0.4, 0.5) is 5.69 Å². The van der Waals surface area contributed by atoms with Crippen molar-refractivity contribution < 1.29 is 14.3 Å². The number of benzene rings is 2. The zero-order chi connectivity index (χ0) is 20.6. The number of anilines is 1. The molecule has 2 heterocycles. The molecule has 3 aromatic rings. The molecule has 0 unspecified atom stereocenters. The van der Waals surface area contributed by atoms with Gasteiger partial charge in [-0.2, -0.15) is 5.10 Å². The van der Waals surface area contributed by atoms with Crippen molar-refractivity contribution in [3.05, 3.63) is 78.6 Å². The van der Waals surface area contributed by atoms with Gasteiger partial charge in [0.1, 0.15) is 13.2 Å². The largest absolute Gasteiger partial charge is 0.486 e. The summed E-state index contributed by atoms with van der Waals surface area (Å²) in [5, 5.41) is 4.20. The molecule has 6 heteroatoms. The SMILES string of the molecule is O=C(CCCn1cccn1)N(C/C=C/c1ccccc1)c1ccc2c(c1)OCCO2. The van der Waals surface area contributed by atoms with E-state index in [-0.39, 0.29) is 5.91 Å². The molecule has 0 spiro atoms. The average Bonchev–Trinajstić information content (AvgIpc) is 3.30. The van der Waals surface area contributed by atoms with Crippen LogP contribution in [0, 0.1) is 0 Å². The van der Waals surface area contributed by atoms with Gasteiger partial charge in [-0.15, -0.1) is 0 Å². The van der Waals surface area contributed by atoms with Crippen molar-refractivity contribution in [3.8, 4) is 11.5 Å². The van der Waals surface area contributed by atoms with E-state index in [1.54, 1.807) is 11.1 Å². The van der Waals surface area contributed by atoms with E-state index in [0.29, 0.717) is 38.5 Å². The number of carbonyl (C=O) groups is 1. The van der Waals surface area contributed by atoms with E-state index < -0.39 is 0 Å². The average molecular weight is 403 g/mol. The second kappa shape index (κ2) is 9.78. The molecule has 4 rings (SSSR count). The summed E-state index contributed by atoms with van der Waals surface area (Å²) in [7, 11) is 0. The van der Waals surface area contributed by atoms with E-state index in [1.165, 1.54) is 0 Å². The molecule has 0 atom stereocenters. The van der Waals surface area contributed by atoms with Gasteiger partial charge in [-0.1, -0.05) is 42.5 Å². The lowest BCUT2D eigenvalue weighted by Gasteiger charge is -2.24. The van der Waals surface area contributed by atoms with E-state index in [9.17, 15) is 4.79 Å². The summed E-state index contributed by atoms with van der Waals surface area (Å²) in [6.45, 7) is 2.26. The maximum atomic E-state index is 13.1. The van der Waals surface area contributed by atoms with Gasteiger partial charge in [0.2, 0.25) is 5.91 Å². The summed E-state index contributed by atoms with van der Waals surface area (Å²) >= 11 is 0. The molecule has 1 aliphatic rings. The fourth-order valence-electron chi connectivity index (χ4n) is 3.37. The molecule has 0 saturated carbocycles. The normalized spacial score (nSPS) is 12.8. The highest BCUT2D eigenvalue weighted by atomic mass is 16.6. The summed E-state index contributed by atoms with van der Waals surface area (Å²) in [5.74, 6) is 1.47. The fraction of sp³-hybridized carbons (Fsp3) is 0.250. The standard InChI is InChI=1S/C24H25N3O3/c28-24(10-5-14-26-15-6-13-25-26)27(16-4-9-20-7-2-1-3-8-20)21-11-12-22-23(19-21)30-18-17-29-22/h1-4,6-9,11-13,15,19H,5,10,14,16-18H2/b9-4+. The van der Waals surface area contributed by atoms with Gasteiger partial charge in [-0.05, 0) is 30.2 Å². The van der Waals surface area contributed by atoms with E-state index in [0.717, 1.165) is 23.4 Å². The van der Waals surface area contributed by atoms with Gasteiger partial charge in [0.15, 0.2) is 11.5 Å². The molecule has 0 bridgehead atoms. The maximum Gasteiger partial charge on any atom is 0.227 e. The first-order chi connectivity index (χ1) is 14.8. The molecule has 0 N–H and O–H groups in total. The Morgan fingerprint density at radius 1 is 1.07 bits per heavy atom. The van der Waals surface area contributed by atoms with Gasteiger partial charge in [0.25, 0.3) is 0 Å². The Morgan fingerprint density at radius 3 is 2.70 bits per heavy atom. The molecular formula is C24H25N3O3. The smallest absolute Gasteiger partial charge is 0.227 e. The van der Waals surface area contributed by atoms with Crippen LogP contribution in [-0.4, -0.2) is 35.4 Å². The third kappa shape index (κ3) is 5.08. The van der Waals surface area contributed by atoms with E-state index in [2.05, 4.69) is 5.10 Å². The number of nitrogens with zero attached hydrogens (tertiary/aromatic N) is 3. The van der Waals surface area contributed by atoms with Crippen molar-refractivity contribution in [3.63, 3.8) is 0 Å². The molecule has 1 aliphatic heterocycles. The van der Waals surface area contributed by atoms with Crippen LogP contribution in [0.2, 0.25) is 0 Å². The van der Waals surface area contributed by atoms with Gasteiger partial charge >= 0.3 is 0 Å². The zero-order valence-corrected chi connectivity index (χ0v) is 16.8. The molecule has 6 nitrogen and oxygen atoms in total. The summed E-state index contributed by atoms with van der Waals surface area (Å²) in [6.07, 6.45) is 8.86. The highest BCUT2D eigenvalue weighted by Gasteiger charge is 2.18. The molecular weight excluding hydrogens is 378 g/mol. The Hall–Kier alpha value is -3.54. The number of aromatic nitrogens is 2. The molecule has 30 heavy (non-hydrogen) atoms. The fourth-order valence-corrected chi connectivity index (χ4v) is 3.37. The quantitative estimate of drug-likeness (QED) is 0.566. The Balaban J connectivity index is 1.48. The van der Waals surface area contributed by atoms with Crippen LogP contribution in [0.25, 0.3) is 6.08 Å². The van der Waals surface area contributed by atoms with Crippen LogP contribution in [-0.2, 0) is 11.3 Å². The van der Waals surface area contributed by atoms with E-state index in [1.807, 2.05) is 77.6 Å². The van der Waals surface area contributed by atoms with E-state index in [4.69, 9.17) is 9.47 Å². The lowest BCUT2D eigenvalue weighted by atomic mass is 10.2. The van der Waals surface area contributed by atoms with Crippen molar-refractivity contribution >= 4 is 17.7 Å². The Bertz CT molecular complexity index is 984. The molecule has 0 radical (unpaired) electrons. The Kier molecular flexibility index (Phi) is 6.44. The minimum atomic E-state index is 0.0662. The number of aryl methyl sites for hydroxylation is 1. The predicted molar refractivity (Wildman–Crippen MR) is 117 cm³/mol. The molecule has 1 amide bonds. The van der Waals surface area contributed by atoms with Crippen molar-refractivity contribution in [2.24, 2.45) is 0 Å². The number of fused-ring (bicyclic) bond motifs is 1. The maximum absolute atomic E-state index is 13.1. The molecule has 2 aromatic carbocycles. The summed E-state index contributed by atoms with van der Waals surface area (Å²) in [4.78, 5) is 14.9. The lowest BCUT2D eigenvalue weighted by molar-refractivity contribution is -0.118.